The summed E-state index contributed by atoms with van der Waals surface area (Å²) in [5, 5.41) is 6.18. The third-order valence-corrected chi connectivity index (χ3v) is 5.27. The number of rotatable bonds is 7. The van der Waals surface area contributed by atoms with Gasteiger partial charge in [0.1, 0.15) is 0 Å². The fourth-order valence-electron chi connectivity index (χ4n) is 3.14. The lowest BCUT2D eigenvalue weighted by Crippen LogP contribution is -2.32. The Morgan fingerprint density at radius 2 is 1.97 bits per heavy atom. The second-order valence-electron chi connectivity index (χ2n) is 7.38. The average molecular weight is 445 g/mol. The van der Waals surface area contributed by atoms with Gasteiger partial charge in [0.2, 0.25) is 18.2 Å². The number of fused-ring (bicyclic) bond motifs is 1. The van der Waals surface area contributed by atoms with E-state index in [0.717, 1.165) is 59.3 Å². The number of amides is 3. The SMILES string of the molecule is CC(=O)Nc1ccc2c(c1)CC(=O)N2.CCN(CCN(C)C=O)c1ccc(Cl)c(C)c1. The van der Waals surface area contributed by atoms with Crippen molar-refractivity contribution in [3.05, 3.63) is 52.5 Å². The monoisotopic (exact) mass is 444 g/mol. The maximum Gasteiger partial charge on any atom is 0.228 e. The number of hydrogen-bond acceptors (Lipinski definition) is 4. The van der Waals surface area contributed by atoms with Gasteiger partial charge in [0.25, 0.3) is 0 Å². The van der Waals surface area contributed by atoms with Crippen LogP contribution in [0.2, 0.25) is 5.02 Å². The van der Waals surface area contributed by atoms with Gasteiger partial charge in [-0.2, -0.15) is 0 Å². The lowest BCUT2D eigenvalue weighted by Gasteiger charge is -2.25. The van der Waals surface area contributed by atoms with Crippen LogP contribution < -0.4 is 15.5 Å². The van der Waals surface area contributed by atoms with E-state index in [-0.39, 0.29) is 11.8 Å². The summed E-state index contributed by atoms with van der Waals surface area (Å²) in [6, 6.07) is 11.4. The molecule has 2 N–H and O–H groups in total. The Morgan fingerprint density at radius 3 is 2.58 bits per heavy atom. The van der Waals surface area contributed by atoms with E-state index in [1.54, 1.807) is 24.1 Å². The van der Waals surface area contributed by atoms with Crippen molar-refractivity contribution in [2.24, 2.45) is 0 Å². The van der Waals surface area contributed by atoms with Gasteiger partial charge < -0.3 is 20.4 Å². The zero-order valence-corrected chi connectivity index (χ0v) is 19.1. The molecule has 31 heavy (non-hydrogen) atoms. The van der Waals surface area contributed by atoms with Crippen LogP contribution in [0, 0.1) is 6.92 Å². The quantitative estimate of drug-likeness (QED) is 0.638. The van der Waals surface area contributed by atoms with Crippen molar-refractivity contribution in [1.29, 1.82) is 0 Å². The lowest BCUT2D eigenvalue weighted by atomic mass is 10.1. The Morgan fingerprint density at radius 1 is 1.23 bits per heavy atom. The molecular weight excluding hydrogens is 416 g/mol. The second-order valence-corrected chi connectivity index (χ2v) is 7.78. The Balaban J connectivity index is 0.000000224. The Kier molecular flexibility index (Phi) is 8.88. The first kappa shape index (κ1) is 24.2. The van der Waals surface area contributed by atoms with Crippen molar-refractivity contribution < 1.29 is 14.4 Å². The molecule has 0 spiro atoms. The van der Waals surface area contributed by atoms with Gasteiger partial charge in [-0.3, -0.25) is 14.4 Å². The molecule has 1 heterocycles. The first-order valence-electron chi connectivity index (χ1n) is 10.1. The molecule has 8 heteroatoms. The highest BCUT2D eigenvalue weighted by Crippen LogP contribution is 2.26. The van der Waals surface area contributed by atoms with E-state index < -0.39 is 0 Å². The molecule has 0 fully saturated rings. The number of nitrogens with zero attached hydrogens (tertiary/aromatic N) is 2. The van der Waals surface area contributed by atoms with Gasteiger partial charge in [-0.15, -0.1) is 0 Å². The van der Waals surface area contributed by atoms with Crippen LogP contribution in [0.3, 0.4) is 0 Å². The smallest absolute Gasteiger partial charge is 0.228 e. The van der Waals surface area contributed by atoms with E-state index in [2.05, 4.69) is 28.5 Å². The number of aryl methyl sites for hydroxylation is 1. The molecular formula is C23H29ClN4O3. The fourth-order valence-corrected chi connectivity index (χ4v) is 3.25. The third-order valence-electron chi connectivity index (χ3n) is 4.84. The Bertz CT molecular complexity index is 948. The minimum atomic E-state index is -0.109. The van der Waals surface area contributed by atoms with Crippen molar-refractivity contribution in [2.75, 3.05) is 42.2 Å². The second kappa shape index (κ2) is 11.4. The van der Waals surface area contributed by atoms with Crippen molar-refractivity contribution in [3.8, 4) is 0 Å². The molecule has 1 aliphatic heterocycles. The number of nitrogens with one attached hydrogen (secondary N) is 2. The normalized spacial score (nSPS) is 11.6. The molecule has 0 saturated carbocycles. The summed E-state index contributed by atoms with van der Waals surface area (Å²) in [4.78, 5) is 36.2. The van der Waals surface area contributed by atoms with Crippen molar-refractivity contribution in [1.82, 2.24) is 4.90 Å². The van der Waals surface area contributed by atoms with Crippen LogP contribution in [0.1, 0.15) is 25.0 Å². The number of likely N-dealkylation sites (N-methyl/N-ethyl adjacent to an activating group) is 2. The van der Waals surface area contributed by atoms with E-state index in [9.17, 15) is 14.4 Å². The largest absolute Gasteiger partial charge is 0.370 e. The summed E-state index contributed by atoms with van der Waals surface area (Å²) in [6.45, 7) is 8.01. The van der Waals surface area contributed by atoms with Crippen molar-refractivity contribution in [3.63, 3.8) is 0 Å². The van der Waals surface area contributed by atoms with Crippen LogP contribution in [0.15, 0.2) is 36.4 Å². The summed E-state index contributed by atoms with van der Waals surface area (Å²) in [7, 11) is 1.79. The van der Waals surface area contributed by atoms with Gasteiger partial charge in [0.05, 0.1) is 6.42 Å². The molecule has 3 amide bonds. The number of hydrogen-bond donors (Lipinski definition) is 2. The van der Waals surface area contributed by atoms with Crippen molar-refractivity contribution >= 4 is 46.9 Å². The number of halogens is 1. The molecule has 0 aromatic heterocycles. The molecule has 3 rings (SSSR count). The predicted molar refractivity (Wildman–Crippen MR) is 126 cm³/mol. The van der Waals surface area contributed by atoms with Gasteiger partial charge in [0, 0.05) is 55.7 Å². The molecule has 1 aliphatic rings. The summed E-state index contributed by atoms with van der Waals surface area (Å²) in [5.74, 6) is -0.109. The van der Waals surface area contributed by atoms with E-state index in [4.69, 9.17) is 11.6 Å². The first-order valence-corrected chi connectivity index (χ1v) is 10.5. The van der Waals surface area contributed by atoms with Crippen LogP contribution in [0.4, 0.5) is 17.1 Å². The molecule has 0 saturated heterocycles. The Hall–Kier alpha value is -3.06. The molecule has 2 aromatic carbocycles. The standard InChI is InChI=1S/C13H19ClN2O.C10H10N2O2/c1-4-16(8-7-15(3)10-17)12-5-6-13(14)11(2)9-12;1-6(13)11-8-2-3-9-7(4-8)5-10(14)12-9/h5-6,9-10H,4,7-8H2,1-3H3;2-4H,5H2,1H3,(H,11,13)(H,12,14). The number of anilines is 3. The van der Waals surface area contributed by atoms with Gasteiger partial charge in [0.15, 0.2) is 0 Å². The molecule has 0 atom stereocenters. The van der Waals surface area contributed by atoms with Crippen LogP contribution >= 0.6 is 11.6 Å². The Labute approximate surface area is 188 Å². The highest BCUT2D eigenvalue weighted by molar-refractivity contribution is 6.31. The molecule has 7 nitrogen and oxygen atoms in total. The zero-order chi connectivity index (χ0) is 23.0. The minimum Gasteiger partial charge on any atom is -0.370 e. The van der Waals surface area contributed by atoms with Gasteiger partial charge in [-0.1, -0.05) is 11.6 Å². The van der Waals surface area contributed by atoms with Crippen LogP contribution in [0.25, 0.3) is 0 Å². The molecule has 2 aromatic rings. The zero-order valence-electron chi connectivity index (χ0n) is 18.4. The summed E-state index contributed by atoms with van der Waals surface area (Å²) < 4.78 is 0. The molecule has 0 bridgehead atoms. The summed E-state index contributed by atoms with van der Waals surface area (Å²) in [6.07, 6.45) is 1.24. The van der Waals surface area contributed by atoms with Gasteiger partial charge >= 0.3 is 0 Å². The number of carbonyl (C=O) groups excluding carboxylic acids is 3. The maximum absolute atomic E-state index is 11.0. The maximum atomic E-state index is 11.0. The lowest BCUT2D eigenvalue weighted by molar-refractivity contribution is -0.117. The molecule has 0 radical (unpaired) electrons. The van der Waals surface area contributed by atoms with Gasteiger partial charge in [-0.05, 0) is 61.4 Å². The topological polar surface area (TPSA) is 81.8 Å². The van der Waals surface area contributed by atoms with Gasteiger partial charge in [-0.25, -0.2) is 0 Å². The summed E-state index contributed by atoms with van der Waals surface area (Å²) in [5.41, 5.74) is 4.72. The number of carbonyl (C=O) groups is 3. The fraction of sp³-hybridized carbons (Fsp3) is 0.348. The van der Waals surface area contributed by atoms with E-state index in [1.165, 1.54) is 6.92 Å². The van der Waals surface area contributed by atoms with E-state index in [0.29, 0.717) is 6.42 Å². The molecule has 0 unspecified atom stereocenters. The van der Waals surface area contributed by atoms with Crippen molar-refractivity contribution in [2.45, 2.75) is 27.2 Å². The van der Waals surface area contributed by atoms with E-state index >= 15 is 0 Å². The predicted octanol–water partition coefficient (Wildman–Crippen LogP) is 3.70. The first-order chi connectivity index (χ1) is 14.7. The summed E-state index contributed by atoms with van der Waals surface area (Å²) >= 11 is 6.01. The third kappa shape index (κ3) is 7.29. The van der Waals surface area contributed by atoms with Crippen LogP contribution in [0.5, 0.6) is 0 Å². The minimum absolute atomic E-state index is 0.0000231. The highest BCUT2D eigenvalue weighted by atomic mass is 35.5. The molecule has 0 aliphatic carbocycles. The van der Waals surface area contributed by atoms with Crippen LogP contribution in [-0.4, -0.2) is 49.8 Å². The highest BCUT2D eigenvalue weighted by Gasteiger charge is 2.17. The molecule has 166 valence electrons. The van der Waals surface area contributed by atoms with Crippen LogP contribution in [-0.2, 0) is 20.8 Å². The van der Waals surface area contributed by atoms with E-state index in [1.807, 2.05) is 25.1 Å². The average Bonchev–Trinajstić information content (AvgIpc) is 3.10. The number of benzene rings is 2.